The van der Waals surface area contributed by atoms with E-state index in [9.17, 15) is 19.2 Å². The van der Waals surface area contributed by atoms with Gasteiger partial charge in [-0.1, -0.05) is 39.3 Å². The van der Waals surface area contributed by atoms with Crippen LogP contribution in [0.4, 0.5) is 0 Å². The van der Waals surface area contributed by atoms with Crippen molar-refractivity contribution in [1.29, 1.82) is 0 Å². The summed E-state index contributed by atoms with van der Waals surface area (Å²) in [4.78, 5) is 60.5. The van der Waals surface area contributed by atoms with Crippen molar-refractivity contribution in [2.75, 3.05) is 59.1 Å². The largest absolute Gasteiger partial charge is 0.491 e. The number of likely N-dealkylation sites (tertiary alicyclic amines) is 1. The highest BCUT2D eigenvalue weighted by Crippen LogP contribution is 2.22. The molecule has 0 saturated carbocycles. The van der Waals surface area contributed by atoms with Gasteiger partial charge in [0.1, 0.15) is 24.4 Å². The zero-order valence-electron chi connectivity index (χ0n) is 26.0. The van der Waals surface area contributed by atoms with Crippen molar-refractivity contribution < 1.29 is 28.7 Å². The SMILES string of the molecule is CCCCN1CCOc2ccccc2C(=O)N[C@H](C(=O)N2CCC(N3CCOCC3)CC2)CC(=O)N[C@@H](CC(C)C)C1=O. The number of ether oxygens (including phenoxy) is 2. The minimum atomic E-state index is -1.07. The summed E-state index contributed by atoms with van der Waals surface area (Å²) in [6.07, 6.45) is 3.61. The number of morpholine rings is 1. The lowest BCUT2D eigenvalue weighted by atomic mass is 10.00. The van der Waals surface area contributed by atoms with Crippen LogP contribution < -0.4 is 15.4 Å². The Balaban J connectivity index is 1.55. The molecule has 3 aliphatic rings. The molecule has 238 valence electrons. The molecular weight excluding hydrogens is 550 g/mol. The van der Waals surface area contributed by atoms with Gasteiger partial charge in [-0.3, -0.25) is 24.1 Å². The number of rotatable bonds is 7. The zero-order valence-corrected chi connectivity index (χ0v) is 26.0. The predicted octanol–water partition coefficient (Wildman–Crippen LogP) is 2.05. The molecule has 2 N–H and O–H groups in total. The van der Waals surface area contributed by atoms with E-state index in [0.29, 0.717) is 44.4 Å². The van der Waals surface area contributed by atoms with E-state index in [-0.39, 0.29) is 36.3 Å². The van der Waals surface area contributed by atoms with Crippen LogP contribution >= 0.6 is 0 Å². The third-order valence-electron chi connectivity index (χ3n) is 8.52. The summed E-state index contributed by atoms with van der Waals surface area (Å²) < 4.78 is 11.5. The number of carbonyl (C=O) groups excluding carboxylic acids is 4. The molecular formula is C32H49N5O6. The number of benzene rings is 1. The Morgan fingerprint density at radius 1 is 0.977 bits per heavy atom. The van der Waals surface area contributed by atoms with E-state index in [0.717, 1.165) is 52.0 Å². The highest BCUT2D eigenvalue weighted by atomic mass is 16.5. The Morgan fingerprint density at radius 3 is 2.40 bits per heavy atom. The number of hydrogen-bond donors (Lipinski definition) is 2. The lowest BCUT2D eigenvalue weighted by Crippen LogP contribution is -2.56. The van der Waals surface area contributed by atoms with Crippen LogP contribution in [-0.2, 0) is 19.1 Å². The molecule has 0 bridgehead atoms. The van der Waals surface area contributed by atoms with Crippen LogP contribution in [0.25, 0.3) is 0 Å². The Kier molecular flexibility index (Phi) is 12.2. The molecule has 0 radical (unpaired) electrons. The molecule has 43 heavy (non-hydrogen) atoms. The molecule has 11 nitrogen and oxygen atoms in total. The molecule has 2 saturated heterocycles. The van der Waals surface area contributed by atoms with Gasteiger partial charge in [0.05, 0.1) is 31.7 Å². The molecule has 4 rings (SSSR count). The Labute approximate surface area is 255 Å². The second kappa shape index (κ2) is 16.0. The molecule has 3 heterocycles. The highest BCUT2D eigenvalue weighted by Gasteiger charge is 2.35. The maximum absolute atomic E-state index is 13.9. The maximum Gasteiger partial charge on any atom is 0.255 e. The smallest absolute Gasteiger partial charge is 0.255 e. The first kappa shape index (κ1) is 32.7. The van der Waals surface area contributed by atoms with E-state index in [1.807, 2.05) is 13.8 Å². The average Bonchev–Trinajstić information content (AvgIpc) is 3.01. The van der Waals surface area contributed by atoms with Crippen molar-refractivity contribution in [3.05, 3.63) is 29.8 Å². The van der Waals surface area contributed by atoms with Crippen LogP contribution in [0.2, 0.25) is 0 Å². The number of carbonyl (C=O) groups is 4. The molecule has 0 spiro atoms. The van der Waals surface area contributed by atoms with Crippen molar-refractivity contribution in [2.45, 2.75) is 77.4 Å². The zero-order chi connectivity index (χ0) is 30.8. The molecule has 1 aromatic carbocycles. The number of nitrogens with one attached hydrogen (secondary N) is 2. The summed E-state index contributed by atoms with van der Waals surface area (Å²) in [5.41, 5.74) is 0.285. The van der Waals surface area contributed by atoms with Gasteiger partial charge in [0, 0.05) is 38.8 Å². The second-order valence-electron chi connectivity index (χ2n) is 12.2. The molecule has 1 aromatic rings. The normalized spacial score (nSPS) is 23.7. The van der Waals surface area contributed by atoms with Crippen LogP contribution in [0.5, 0.6) is 5.75 Å². The van der Waals surface area contributed by atoms with Gasteiger partial charge in [0.25, 0.3) is 5.91 Å². The predicted molar refractivity (Wildman–Crippen MR) is 163 cm³/mol. The summed E-state index contributed by atoms with van der Waals surface area (Å²) >= 11 is 0. The molecule has 0 aliphatic carbocycles. The number of para-hydroxylation sites is 1. The van der Waals surface area contributed by atoms with Gasteiger partial charge in [-0.25, -0.2) is 0 Å². The van der Waals surface area contributed by atoms with Crippen molar-refractivity contribution >= 4 is 23.6 Å². The van der Waals surface area contributed by atoms with Gasteiger partial charge in [0.2, 0.25) is 17.7 Å². The third-order valence-corrected chi connectivity index (χ3v) is 8.52. The minimum Gasteiger partial charge on any atom is -0.491 e. The van der Waals surface area contributed by atoms with Crippen molar-refractivity contribution in [3.63, 3.8) is 0 Å². The van der Waals surface area contributed by atoms with Crippen LogP contribution in [0, 0.1) is 5.92 Å². The highest BCUT2D eigenvalue weighted by molar-refractivity contribution is 6.01. The fourth-order valence-electron chi connectivity index (χ4n) is 6.13. The van der Waals surface area contributed by atoms with Gasteiger partial charge in [-0.15, -0.1) is 0 Å². The molecule has 2 fully saturated rings. The van der Waals surface area contributed by atoms with E-state index >= 15 is 0 Å². The summed E-state index contributed by atoms with van der Waals surface area (Å²) in [6, 6.07) is 5.45. The fraction of sp³-hybridized carbons (Fsp3) is 0.688. The first-order valence-electron chi connectivity index (χ1n) is 16.0. The standard InChI is InChI=1S/C32H49N5O6/c1-4-5-12-36-17-20-43-28-9-7-6-8-25(28)30(39)34-27(22-29(38)33-26(31(36)40)21-23(2)3)32(41)37-13-10-24(11-14-37)35-15-18-42-19-16-35/h6-9,23-24,26-27H,4-5,10-22H2,1-3H3,(H,33,38)(H,34,39)/t26-,27-/m0/s1. The summed E-state index contributed by atoms with van der Waals surface area (Å²) in [6.45, 7) is 11.5. The molecule has 11 heteroatoms. The van der Waals surface area contributed by atoms with Gasteiger partial charge < -0.3 is 29.9 Å². The number of hydrogen-bond acceptors (Lipinski definition) is 7. The summed E-state index contributed by atoms with van der Waals surface area (Å²) in [5.74, 6) is -0.806. The van der Waals surface area contributed by atoms with Crippen LogP contribution in [0.15, 0.2) is 24.3 Å². The maximum atomic E-state index is 13.9. The Bertz CT molecular complexity index is 1100. The molecule has 2 atom stereocenters. The van der Waals surface area contributed by atoms with Crippen molar-refractivity contribution in [1.82, 2.24) is 25.3 Å². The topological polar surface area (TPSA) is 121 Å². The average molecular weight is 600 g/mol. The molecule has 3 aliphatic heterocycles. The van der Waals surface area contributed by atoms with Crippen LogP contribution in [-0.4, -0.2) is 116 Å². The van der Waals surface area contributed by atoms with Crippen molar-refractivity contribution in [2.24, 2.45) is 5.92 Å². The Morgan fingerprint density at radius 2 is 1.70 bits per heavy atom. The first-order chi connectivity index (χ1) is 20.8. The molecule has 0 aromatic heterocycles. The van der Waals surface area contributed by atoms with Gasteiger partial charge in [-0.05, 0) is 43.7 Å². The van der Waals surface area contributed by atoms with E-state index in [1.165, 1.54) is 0 Å². The number of amides is 4. The van der Waals surface area contributed by atoms with E-state index in [2.05, 4.69) is 22.5 Å². The first-order valence-corrected chi connectivity index (χ1v) is 16.0. The van der Waals surface area contributed by atoms with E-state index < -0.39 is 23.9 Å². The number of nitrogens with zero attached hydrogens (tertiary/aromatic N) is 3. The molecule has 0 unspecified atom stereocenters. The lowest BCUT2D eigenvalue weighted by molar-refractivity contribution is -0.139. The van der Waals surface area contributed by atoms with Gasteiger partial charge >= 0.3 is 0 Å². The van der Waals surface area contributed by atoms with Gasteiger partial charge in [0.15, 0.2) is 0 Å². The van der Waals surface area contributed by atoms with Crippen molar-refractivity contribution in [3.8, 4) is 5.75 Å². The quantitative estimate of drug-likeness (QED) is 0.492. The monoisotopic (exact) mass is 599 g/mol. The minimum absolute atomic E-state index is 0.151. The fourth-order valence-corrected chi connectivity index (χ4v) is 6.13. The summed E-state index contributed by atoms with van der Waals surface area (Å²) in [5, 5.41) is 5.76. The number of fused-ring (bicyclic) bond motifs is 1. The van der Waals surface area contributed by atoms with E-state index in [1.54, 1.807) is 34.1 Å². The van der Waals surface area contributed by atoms with Gasteiger partial charge in [-0.2, -0.15) is 0 Å². The summed E-state index contributed by atoms with van der Waals surface area (Å²) in [7, 11) is 0. The Hall–Kier alpha value is -3.18. The number of unbranched alkanes of at least 4 members (excludes halogenated alkanes) is 1. The lowest BCUT2D eigenvalue weighted by Gasteiger charge is -2.40. The number of piperidine rings is 1. The van der Waals surface area contributed by atoms with Crippen LogP contribution in [0.1, 0.15) is 69.7 Å². The van der Waals surface area contributed by atoms with Crippen LogP contribution in [0.3, 0.4) is 0 Å². The van der Waals surface area contributed by atoms with E-state index in [4.69, 9.17) is 9.47 Å². The third kappa shape index (κ3) is 9.15. The second-order valence-corrected chi connectivity index (χ2v) is 12.2. The molecule has 4 amide bonds.